The lowest BCUT2D eigenvalue weighted by Crippen LogP contribution is -2.21. The minimum Gasteiger partial charge on any atom is -0.396 e. The van der Waals surface area contributed by atoms with Crippen LogP contribution in [0.2, 0.25) is 0 Å². The predicted octanol–water partition coefficient (Wildman–Crippen LogP) is 1.58. The third-order valence-electron chi connectivity index (χ3n) is 3.89. The average Bonchev–Trinajstić information content (AvgIpc) is 2.99. The zero-order chi connectivity index (χ0) is 13.2. The molecule has 2 aromatic heterocycles. The molecule has 5 nitrogen and oxygen atoms in total. The predicted molar refractivity (Wildman–Crippen MR) is 73.8 cm³/mol. The van der Waals surface area contributed by atoms with Crippen molar-refractivity contribution in [2.75, 3.05) is 20.2 Å². The molecule has 3 heterocycles. The van der Waals surface area contributed by atoms with Gasteiger partial charge in [0.2, 0.25) is 0 Å². The van der Waals surface area contributed by atoms with Crippen LogP contribution in [0.4, 0.5) is 0 Å². The van der Waals surface area contributed by atoms with E-state index in [1.54, 1.807) is 0 Å². The van der Waals surface area contributed by atoms with Gasteiger partial charge in [-0.1, -0.05) is 0 Å². The number of aliphatic hydroxyl groups excluding tert-OH is 1. The number of nitrogens with zero attached hydrogens (tertiary/aromatic N) is 4. The maximum absolute atomic E-state index is 9.08. The van der Waals surface area contributed by atoms with Crippen molar-refractivity contribution < 1.29 is 5.11 Å². The standard InChI is InChI=1S/C14H20N4O/c1-17-8-3-6-12(17)14-16-11-5-2-7-15-13(11)18(14)9-4-10-19/h2,5,7,12,19H,3-4,6,8-10H2,1H3. The lowest BCUT2D eigenvalue weighted by atomic mass is 10.2. The molecule has 1 aliphatic rings. The molecule has 0 spiro atoms. The highest BCUT2D eigenvalue weighted by Gasteiger charge is 2.28. The van der Waals surface area contributed by atoms with Crippen molar-refractivity contribution in [3.05, 3.63) is 24.2 Å². The van der Waals surface area contributed by atoms with Crippen LogP contribution in [-0.2, 0) is 6.54 Å². The van der Waals surface area contributed by atoms with E-state index in [-0.39, 0.29) is 6.61 Å². The first-order valence-corrected chi connectivity index (χ1v) is 6.93. The summed E-state index contributed by atoms with van der Waals surface area (Å²) in [7, 11) is 2.15. The van der Waals surface area contributed by atoms with Gasteiger partial charge in [0.1, 0.15) is 11.3 Å². The summed E-state index contributed by atoms with van der Waals surface area (Å²) in [4.78, 5) is 11.6. The van der Waals surface area contributed by atoms with Gasteiger partial charge in [-0.3, -0.25) is 4.90 Å². The molecule has 5 heteroatoms. The summed E-state index contributed by atoms with van der Waals surface area (Å²) in [6.45, 7) is 2.11. The van der Waals surface area contributed by atoms with Crippen LogP contribution < -0.4 is 0 Å². The van der Waals surface area contributed by atoms with Gasteiger partial charge in [0, 0.05) is 19.3 Å². The molecule has 2 aromatic rings. The minimum absolute atomic E-state index is 0.201. The van der Waals surface area contributed by atoms with Gasteiger partial charge < -0.3 is 9.67 Å². The number of hydrogen-bond donors (Lipinski definition) is 1. The molecule has 0 radical (unpaired) electrons. The average molecular weight is 260 g/mol. The molecule has 0 bridgehead atoms. The fraction of sp³-hybridized carbons (Fsp3) is 0.571. The molecule has 0 aliphatic carbocycles. The van der Waals surface area contributed by atoms with Gasteiger partial charge in [0.15, 0.2) is 5.65 Å². The quantitative estimate of drug-likeness (QED) is 0.907. The molecule has 1 atom stereocenters. The number of hydrogen-bond acceptors (Lipinski definition) is 4. The van der Waals surface area contributed by atoms with Crippen LogP contribution in [0, 0.1) is 0 Å². The Balaban J connectivity index is 2.06. The fourth-order valence-electron chi connectivity index (χ4n) is 2.92. The molecule has 102 valence electrons. The summed E-state index contributed by atoms with van der Waals surface area (Å²) >= 11 is 0. The Morgan fingerprint density at radius 3 is 3.11 bits per heavy atom. The van der Waals surface area contributed by atoms with Crippen LogP contribution in [0.1, 0.15) is 31.1 Å². The SMILES string of the molecule is CN1CCCC1c1nc2cccnc2n1CCCO. The van der Waals surface area contributed by atoms with E-state index in [0.717, 1.165) is 42.9 Å². The topological polar surface area (TPSA) is 54.2 Å². The van der Waals surface area contributed by atoms with Crippen LogP contribution in [0.3, 0.4) is 0 Å². The maximum Gasteiger partial charge on any atom is 0.160 e. The van der Waals surface area contributed by atoms with Crippen molar-refractivity contribution in [2.45, 2.75) is 31.8 Å². The maximum atomic E-state index is 9.08. The summed E-state index contributed by atoms with van der Waals surface area (Å²) in [5.41, 5.74) is 1.89. The number of rotatable bonds is 4. The van der Waals surface area contributed by atoms with Crippen molar-refractivity contribution in [3.8, 4) is 0 Å². The molecule has 0 saturated carbocycles. The molecular formula is C14H20N4O. The minimum atomic E-state index is 0.201. The summed E-state index contributed by atoms with van der Waals surface area (Å²) < 4.78 is 2.18. The van der Waals surface area contributed by atoms with E-state index in [4.69, 9.17) is 10.1 Å². The molecule has 0 amide bonds. The first-order chi connectivity index (χ1) is 9.31. The number of imidazole rings is 1. The largest absolute Gasteiger partial charge is 0.396 e. The fourth-order valence-corrected chi connectivity index (χ4v) is 2.92. The van der Waals surface area contributed by atoms with Crippen molar-refractivity contribution in [3.63, 3.8) is 0 Å². The Kier molecular flexibility index (Phi) is 3.48. The van der Waals surface area contributed by atoms with Crippen molar-refractivity contribution in [1.29, 1.82) is 0 Å². The Labute approximate surface area is 112 Å². The molecule has 1 fully saturated rings. The van der Waals surface area contributed by atoms with Gasteiger partial charge >= 0.3 is 0 Å². The second kappa shape index (κ2) is 5.27. The van der Waals surface area contributed by atoms with Crippen LogP contribution in [-0.4, -0.2) is 44.7 Å². The molecule has 1 N–H and O–H groups in total. The zero-order valence-corrected chi connectivity index (χ0v) is 11.3. The summed E-state index contributed by atoms with van der Waals surface area (Å²) in [6.07, 6.45) is 4.92. The molecule has 1 aliphatic heterocycles. The summed E-state index contributed by atoms with van der Waals surface area (Å²) in [5, 5.41) is 9.08. The zero-order valence-electron chi connectivity index (χ0n) is 11.3. The second-order valence-corrected chi connectivity index (χ2v) is 5.18. The number of aromatic nitrogens is 3. The number of aliphatic hydroxyl groups is 1. The highest BCUT2D eigenvalue weighted by molar-refractivity contribution is 5.71. The first kappa shape index (κ1) is 12.6. The van der Waals surface area contributed by atoms with E-state index in [2.05, 4.69) is 21.5 Å². The third-order valence-corrected chi connectivity index (χ3v) is 3.89. The van der Waals surface area contributed by atoms with Crippen LogP contribution in [0.25, 0.3) is 11.2 Å². The number of aryl methyl sites for hydroxylation is 1. The summed E-state index contributed by atoms with van der Waals surface area (Å²) in [6, 6.07) is 4.32. The Bertz CT molecular complexity index is 566. The van der Waals surface area contributed by atoms with Crippen molar-refractivity contribution >= 4 is 11.2 Å². The van der Waals surface area contributed by atoms with Gasteiger partial charge in [0.25, 0.3) is 0 Å². The lowest BCUT2D eigenvalue weighted by molar-refractivity contribution is 0.271. The molecule has 0 aromatic carbocycles. The van der Waals surface area contributed by atoms with Gasteiger partial charge in [-0.05, 0) is 45.0 Å². The molecule has 3 rings (SSSR count). The van der Waals surface area contributed by atoms with E-state index >= 15 is 0 Å². The first-order valence-electron chi connectivity index (χ1n) is 6.93. The molecular weight excluding hydrogens is 240 g/mol. The normalized spacial score (nSPS) is 20.4. The lowest BCUT2D eigenvalue weighted by Gasteiger charge is -2.20. The van der Waals surface area contributed by atoms with Crippen LogP contribution >= 0.6 is 0 Å². The molecule has 1 unspecified atom stereocenters. The Morgan fingerprint density at radius 2 is 2.37 bits per heavy atom. The highest BCUT2D eigenvalue weighted by Crippen LogP contribution is 2.31. The number of likely N-dealkylation sites (tertiary alicyclic amines) is 1. The van der Waals surface area contributed by atoms with E-state index < -0.39 is 0 Å². The van der Waals surface area contributed by atoms with Crippen LogP contribution in [0.15, 0.2) is 18.3 Å². The monoisotopic (exact) mass is 260 g/mol. The van der Waals surface area contributed by atoms with Crippen LogP contribution in [0.5, 0.6) is 0 Å². The van der Waals surface area contributed by atoms with Gasteiger partial charge in [-0.2, -0.15) is 0 Å². The summed E-state index contributed by atoms with van der Waals surface area (Å²) in [5.74, 6) is 1.10. The van der Waals surface area contributed by atoms with Crippen molar-refractivity contribution in [1.82, 2.24) is 19.4 Å². The van der Waals surface area contributed by atoms with Crippen molar-refractivity contribution in [2.24, 2.45) is 0 Å². The molecule has 1 saturated heterocycles. The van der Waals surface area contributed by atoms with E-state index in [0.29, 0.717) is 6.04 Å². The Hall–Kier alpha value is -1.46. The highest BCUT2D eigenvalue weighted by atomic mass is 16.3. The second-order valence-electron chi connectivity index (χ2n) is 5.18. The van der Waals surface area contributed by atoms with Gasteiger partial charge in [-0.15, -0.1) is 0 Å². The van der Waals surface area contributed by atoms with E-state index in [9.17, 15) is 0 Å². The molecule has 19 heavy (non-hydrogen) atoms. The smallest absolute Gasteiger partial charge is 0.160 e. The number of pyridine rings is 1. The van der Waals surface area contributed by atoms with Gasteiger partial charge in [0.05, 0.1) is 6.04 Å². The number of fused-ring (bicyclic) bond motifs is 1. The Morgan fingerprint density at radius 1 is 1.47 bits per heavy atom. The third kappa shape index (κ3) is 2.24. The van der Waals surface area contributed by atoms with E-state index in [1.165, 1.54) is 6.42 Å². The van der Waals surface area contributed by atoms with E-state index in [1.807, 2.05) is 18.3 Å². The van der Waals surface area contributed by atoms with Gasteiger partial charge in [-0.25, -0.2) is 9.97 Å².